The van der Waals surface area contributed by atoms with Crippen LogP contribution in [0.25, 0.3) is 0 Å². The summed E-state index contributed by atoms with van der Waals surface area (Å²) in [4.78, 5) is 14.0. The molecule has 1 aromatic rings. The molecule has 1 unspecified atom stereocenters. The molecule has 92 valence electrons. The number of carbonyl (C=O) groups is 1. The van der Waals surface area contributed by atoms with Crippen LogP contribution in [0.4, 0.5) is 0 Å². The summed E-state index contributed by atoms with van der Waals surface area (Å²) in [6, 6.07) is 8.63. The molecular weight excluding hydrogens is 216 g/mol. The van der Waals surface area contributed by atoms with Crippen LogP contribution in [-0.4, -0.2) is 37.1 Å². The minimum Gasteiger partial charge on any atom is -0.460 e. The third kappa shape index (κ3) is 3.05. The maximum Gasteiger partial charge on any atom is 0.327 e. The average molecular weight is 234 g/mol. The van der Waals surface area contributed by atoms with Gasteiger partial charge in [-0.1, -0.05) is 30.3 Å². The summed E-state index contributed by atoms with van der Waals surface area (Å²) in [5.74, 6) is -0.337. The second kappa shape index (κ2) is 5.29. The second-order valence-corrected chi connectivity index (χ2v) is 4.50. The van der Waals surface area contributed by atoms with Crippen molar-refractivity contribution in [2.45, 2.75) is 18.6 Å². The number of likely N-dealkylation sites (tertiary alicyclic amines) is 1. The summed E-state index contributed by atoms with van der Waals surface area (Å²) < 4.78 is 5.39. The number of hydrogen-bond acceptors (Lipinski definition) is 4. The summed E-state index contributed by atoms with van der Waals surface area (Å²) in [5.41, 5.74) is 6.66. The van der Waals surface area contributed by atoms with E-state index in [1.54, 1.807) is 0 Å². The van der Waals surface area contributed by atoms with Crippen LogP contribution >= 0.6 is 0 Å². The molecule has 0 radical (unpaired) electrons. The molecule has 1 aliphatic rings. The Kier molecular flexibility index (Phi) is 3.76. The second-order valence-electron chi connectivity index (χ2n) is 4.50. The Balaban J connectivity index is 1.92. The van der Waals surface area contributed by atoms with Gasteiger partial charge in [-0.15, -0.1) is 0 Å². The highest BCUT2D eigenvalue weighted by molar-refractivity contribution is 5.77. The number of nitrogens with two attached hydrogens (primary N) is 1. The van der Waals surface area contributed by atoms with Gasteiger partial charge in [0, 0.05) is 13.1 Å². The summed E-state index contributed by atoms with van der Waals surface area (Å²) in [7, 11) is 2.02. The summed E-state index contributed by atoms with van der Waals surface area (Å²) in [6.07, 6.45) is 0.881. The number of carbonyl (C=O) groups excluding carboxylic acids is 1. The van der Waals surface area contributed by atoms with Crippen LogP contribution in [0.5, 0.6) is 0 Å². The van der Waals surface area contributed by atoms with E-state index in [4.69, 9.17) is 10.5 Å². The quantitative estimate of drug-likeness (QED) is 0.791. The third-order valence-corrected chi connectivity index (χ3v) is 3.04. The van der Waals surface area contributed by atoms with Crippen LogP contribution in [0, 0.1) is 0 Å². The standard InChI is InChI=1S/C13H18N2O2/c1-15-8-7-11(9-15)17-13(16)12(14)10-5-3-2-4-6-10/h2-6,11-12H,7-9,14H2,1H3/t11-,12?/m0/s1. The Labute approximate surface area is 101 Å². The molecule has 2 rings (SSSR count). The zero-order chi connectivity index (χ0) is 12.3. The van der Waals surface area contributed by atoms with Gasteiger partial charge < -0.3 is 15.4 Å². The molecule has 0 saturated carbocycles. The van der Waals surface area contributed by atoms with Crippen molar-refractivity contribution in [2.24, 2.45) is 5.73 Å². The predicted octanol–water partition coefficient (Wildman–Crippen LogP) is 0.934. The average Bonchev–Trinajstić information content (AvgIpc) is 2.75. The van der Waals surface area contributed by atoms with Crippen LogP contribution in [0.2, 0.25) is 0 Å². The first-order valence-electron chi connectivity index (χ1n) is 5.86. The van der Waals surface area contributed by atoms with Gasteiger partial charge in [-0.2, -0.15) is 0 Å². The molecule has 1 saturated heterocycles. The Hall–Kier alpha value is -1.39. The highest BCUT2D eigenvalue weighted by Crippen LogP contribution is 2.16. The van der Waals surface area contributed by atoms with E-state index in [0.29, 0.717) is 0 Å². The fraction of sp³-hybridized carbons (Fsp3) is 0.462. The zero-order valence-electron chi connectivity index (χ0n) is 10.0. The fourth-order valence-electron chi connectivity index (χ4n) is 2.02. The number of rotatable bonds is 3. The van der Waals surface area contributed by atoms with E-state index in [1.165, 1.54) is 0 Å². The molecule has 2 atom stereocenters. The van der Waals surface area contributed by atoms with Crippen LogP contribution in [0.3, 0.4) is 0 Å². The number of nitrogens with zero attached hydrogens (tertiary/aromatic N) is 1. The van der Waals surface area contributed by atoms with Gasteiger partial charge in [-0.3, -0.25) is 0 Å². The minimum atomic E-state index is -0.679. The number of hydrogen-bond donors (Lipinski definition) is 1. The Morgan fingerprint density at radius 1 is 1.47 bits per heavy atom. The van der Waals surface area contributed by atoms with E-state index < -0.39 is 6.04 Å². The van der Waals surface area contributed by atoms with E-state index in [0.717, 1.165) is 25.1 Å². The van der Waals surface area contributed by atoms with Crippen molar-refractivity contribution in [3.05, 3.63) is 35.9 Å². The minimum absolute atomic E-state index is 0.0118. The monoisotopic (exact) mass is 234 g/mol. The van der Waals surface area contributed by atoms with E-state index in [2.05, 4.69) is 4.90 Å². The number of benzene rings is 1. The molecule has 1 aliphatic heterocycles. The zero-order valence-corrected chi connectivity index (χ0v) is 10.0. The molecule has 1 heterocycles. The van der Waals surface area contributed by atoms with Crippen molar-refractivity contribution in [2.75, 3.05) is 20.1 Å². The maximum absolute atomic E-state index is 11.8. The first-order chi connectivity index (χ1) is 8.16. The first-order valence-corrected chi connectivity index (χ1v) is 5.86. The summed E-state index contributed by atoms with van der Waals surface area (Å²) >= 11 is 0. The largest absolute Gasteiger partial charge is 0.460 e. The van der Waals surface area contributed by atoms with E-state index >= 15 is 0 Å². The van der Waals surface area contributed by atoms with Crippen molar-refractivity contribution in [1.82, 2.24) is 4.90 Å². The number of esters is 1. The fourth-order valence-corrected chi connectivity index (χ4v) is 2.02. The molecule has 2 N–H and O–H groups in total. The SMILES string of the molecule is CN1CC[C@H](OC(=O)C(N)c2ccccc2)C1. The highest BCUT2D eigenvalue weighted by atomic mass is 16.5. The van der Waals surface area contributed by atoms with Gasteiger partial charge in [0.05, 0.1) is 0 Å². The van der Waals surface area contributed by atoms with Crippen molar-refractivity contribution < 1.29 is 9.53 Å². The van der Waals surface area contributed by atoms with Crippen LogP contribution in [0.15, 0.2) is 30.3 Å². The van der Waals surface area contributed by atoms with Crippen molar-refractivity contribution >= 4 is 5.97 Å². The lowest BCUT2D eigenvalue weighted by molar-refractivity contribution is -0.150. The first kappa shape index (κ1) is 12.1. The summed E-state index contributed by atoms with van der Waals surface area (Å²) in [5, 5.41) is 0. The van der Waals surface area contributed by atoms with E-state index in [9.17, 15) is 4.79 Å². The lowest BCUT2D eigenvalue weighted by atomic mass is 10.1. The normalized spacial score (nSPS) is 22.4. The van der Waals surface area contributed by atoms with Gasteiger partial charge in [-0.25, -0.2) is 4.79 Å². The molecule has 0 amide bonds. The Bertz CT molecular complexity index is 380. The molecule has 1 fully saturated rings. The van der Waals surface area contributed by atoms with Crippen molar-refractivity contribution in [1.29, 1.82) is 0 Å². The molecule has 0 aliphatic carbocycles. The molecule has 17 heavy (non-hydrogen) atoms. The van der Waals surface area contributed by atoms with Crippen molar-refractivity contribution in [3.63, 3.8) is 0 Å². The molecule has 0 spiro atoms. The lowest BCUT2D eigenvalue weighted by Crippen LogP contribution is -2.29. The van der Waals surface area contributed by atoms with Crippen LogP contribution in [-0.2, 0) is 9.53 Å². The molecule has 4 heteroatoms. The third-order valence-electron chi connectivity index (χ3n) is 3.04. The molecule has 1 aromatic carbocycles. The Morgan fingerprint density at radius 3 is 2.76 bits per heavy atom. The van der Waals surface area contributed by atoms with Gasteiger partial charge in [0.2, 0.25) is 0 Å². The smallest absolute Gasteiger partial charge is 0.327 e. The van der Waals surface area contributed by atoms with Gasteiger partial charge in [0.15, 0.2) is 0 Å². The van der Waals surface area contributed by atoms with Crippen LogP contribution < -0.4 is 5.73 Å². The molecule has 0 aromatic heterocycles. The highest BCUT2D eigenvalue weighted by Gasteiger charge is 2.26. The number of likely N-dealkylation sites (N-methyl/N-ethyl adjacent to an activating group) is 1. The van der Waals surface area contributed by atoms with Gasteiger partial charge >= 0.3 is 5.97 Å². The van der Waals surface area contributed by atoms with Crippen LogP contribution in [0.1, 0.15) is 18.0 Å². The molecular formula is C13H18N2O2. The van der Waals surface area contributed by atoms with Crippen molar-refractivity contribution in [3.8, 4) is 0 Å². The van der Waals surface area contributed by atoms with Gasteiger partial charge in [0.25, 0.3) is 0 Å². The van der Waals surface area contributed by atoms with Gasteiger partial charge in [0.1, 0.15) is 12.1 Å². The summed E-state index contributed by atoms with van der Waals surface area (Å²) in [6.45, 7) is 1.77. The van der Waals surface area contributed by atoms with Gasteiger partial charge in [-0.05, 0) is 19.0 Å². The van der Waals surface area contributed by atoms with E-state index in [1.807, 2.05) is 37.4 Å². The lowest BCUT2D eigenvalue weighted by Gasteiger charge is -2.16. The number of ether oxygens (including phenoxy) is 1. The maximum atomic E-state index is 11.8. The van der Waals surface area contributed by atoms with E-state index in [-0.39, 0.29) is 12.1 Å². The topological polar surface area (TPSA) is 55.6 Å². The Morgan fingerprint density at radius 2 is 2.18 bits per heavy atom. The molecule has 0 bridgehead atoms. The predicted molar refractivity (Wildman–Crippen MR) is 65.4 cm³/mol. The molecule has 4 nitrogen and oxygen atoms in total.